The van der Waals surface area contributed by atoms with Gasteiger partial charge in [0.25, 0.3) is 5.91 Å². The van der Waals surface area contributed by atoms with Crippen LogP contribution in [0.15, 0.2) is 66.7 Å². The summed E-state index contributed by atoms with van der Waals surface area (Å²) in [6, 6.07) is 16.5. The topological polar surface area (TPSA) is 279 Å². The number of pyridine rings is 1. The number of unbranched alkanes of at least 4 members (excludes halogenated alkanes) is 2. The predicted octanol–water partition coefficient (Wildman–Crippen LogP) is 3.11. The number of hydrogen-bond acceptors (Lipinski definition) is 13. The molecule has 0 radical (unpaired) electrons. The van der Waals surface area contributed by atoms with Crippen LogP contribution in [-0.4, -0.2) is 111 Å². The highest BCUT2D eigenvalue weighted by atomic mass is 16.5. The molecule has 0 saturated heterocycles. The Labute approximate surface area is 397 Å². The van der Waals surface area contributed by atoms with Crippen LogP contribution in [0.5, 0.6) is 17.2 Å². The number of amides is 5. The molecule has 4 atom stereocenters. The molecule has 0 spiro atoms. The molecule has 1 aliphatic rings. The fourth-order valence-corrected chi connectivity index (χ4v) is 7.95. The van der Waals surface area contributed by atoms with Crippen molar-refractivity contribution in [3.05, 3.63) is 94.7 Å². The van der Waals surface area contributed by atoms with Gasteiger partial charge in [-0.1, -0.05) is 31.9 Å². The molecule has 0 aliphatic carbocycles. The van der Waals surface area contributed by atoms with Crippen molar-refractivity contribution in [3.8, 4) is 45.7 Å². The molecule has 2 heterocycles. The van der Waals surface area contributed by atoms with Gasteiger partial charge in [-0.15, -0.1) is 0 Å². The summed E-state index contributed by atoms with van der Waals surface area (Å²) in [4.78, 5) is 76.6. The molecule has 1 aromatic heterocycles. The molecule has 3 aromatic carbocycles. The van der Waals surface area contributed by atoms with Crippen molar-refractivity contribution in [3.63, 3.8) is 0 Å². The van der Waals surface area contributed by atoms with Crippen LogP contribution in [0.1, 0.15) is 78.3 Å². The minimum atomic E-state index is -1.40. The van der Waals surface area contributed by atoms with Crippen LogP contribution in [0.3, 0.4) is 0 Å². The molecule has 0 saturated carbocycles. The number of nitrogens with two attached hydrogens (primary N) is 3. The lowest BCUT2D eigenvalue weighted by molar-refractivity contribution is -0.141. The summed E-state index contributed by atoms with van der Waals surface area (Å²) in [5, 5.41) is 20.0. The predicted molar refractivity (Wildman–Crippen MR) is 257 cm³/mol. The first-order valence-electron chi connectivity index (χ1n) is 22.9. The highest BCUT2D eigenvalue weighted by Crippen LogP contribution is 2.40. The van der Waals surface area contributed by atoms with Gasteiger partial charge in [0.05, 0.1) is 29.6 Å². The van der Waals surface area contributed by atoms with E-state index in [0.717, 1.165) is 30.6 Å². The Morgan fingerprint density at radius 3 is 2.18 bits per heavy atom. The monoisotopic (exact) mass is 932 g/mol. The third-order valence-corrected chi connectivity index (χ3v) is 11.4. The zero-order valence-corrected chi connectivity index (χ0v) is 39.5. The second-order valence-corrected chi connectivity index (χ2v) is 16.6. The number of nitriles is 1. The summed E-state index contributed by atoms with van der Waals surface area (Å²) in [6.45, 7) is 8.12. The molecule has 4 unspecified atom stereocenters. The van der Waals surface area contributed by atoms with Crippen LogP contribution >= 0.6 is 0 Å². The van der Waals surface area contributed by atoms with Crippen molar-refractivity contribution >= 4 is 29.5 Å². The summed E-state index contributed by atoms with van der Waals surface area (Å²) in [5.41, 5.74) is 22.5. The number of carbonyl (C=O) groups excluding carboxylic acids is 5. The number of nitrogens with zero attached hydrogens (tertiary/aromatic N) is 3. The first-order chi connectivity index (χ1) is 32.7. The van der Waals surface area contributed by atoms with E-state index < -0.39 is 53.7 Å². The Bertz CT molecular complexity index is 2430. The van der Waals surface area contributed by atoms with E-state index in [0.29, 0.717) is 57.3 Å². The van der Waals surface area contributed by atoms with Crippen molar-refractivity contribution in [2.75, 3.05) is 53.0 Å². The molecule has 68 heavy (non-hydrogen) atoms. The molecule has 5 rings (SSSR count). The van der Waals surface area contributed by atoms with Gasteiger partial charge in [-0.3, -0.25) is 29.0 Å². The lowest BCUT2D eigenvalue weighted by atomic mass is 9.93. The number of benzene rings is 3. The number of aryl methyl sites for hydroxylation is 2. The Morgan fingerprint density at radius 1 is 0.868 bits per heavy atom. The summed E-state index contributed by atoms with van der Waals surface area (Å²) in [6.07, 6.45) is 3.19. The number of fused-ring (bicyclic) bond motifs is 5. The van der Waals surface area contributed by atoms with Crippen molar-refractivity contribution in [2.24, 2.45) is 17.2 Å². The molecule has 18 nitrogen and oxygen atoms in total. The Kier molecular flexibility index (Phi) is 19.2. The zero-order valence-electron chi connectivity index (χ0n) is 39.5. The molecule has 5 amide bonds. The Hall–Kier alpha value is -7.07. The number of aromatic nitrogens is 1. The van der Waals surface area contributed by atoms with Gasteiger partial charge < -0.3 is 57.6 Å². The number of likely N-dealkylation sites (N-methyl/N-ethyl adjacent to an activating group) is 1. The van der Waals surface area contributed by atoms with Gasteiger partial charge in [0, 0.05) is 43.2 Å². The SMILES string of the molecule is CCCCCOc1ccc(-c2cc(C)c(C(=O)NC(CCN)C(=O)N(C)C3C(=O)NC(C)C(=O)NC(C(=O)NCC#N)Cc4ccc(OCCN)c(c4)-c4cc3ccc4OCCN)c(C)n2)cc1. The van der Waals surface area contributed by atoms with Gasteiger partial charge in [0.15, 0.2) is 0 Å². The molecule has 4 aromatic rings. The highest BCUT2D eigenvalue weighted by Gasteiger charge is 2.36. The second-order valence-electron chi connectivity index (χ2n) is 16.6. The zero-order chi connectivity index (χ0) is 49.3. The number of rotatable bonds is 20. The third kappa shape index (κ3) is 13.3. The van der Waals surface area contributed by atoms with E-state index in [-0.39, 0.29) is 57.8 Å². The average molecular weight is 933 g/mol. The number of nitrogens with one attached hydrogen (secondary N) is 4. The lowest BCUT2D eigenvalue weighted by Crippen LogP contribution is -2.56. The van der Waals surface area contributed by atoms with Crippen molar-refractivity contribution < 1.29 is 38.2 Å². The normalized spacial score (nSPS) is 16.2. The van der Waals surface area contributed by atoms with Gasteiger partial charge >= 0.3 is 0 Å². The van der Waals surface area contributed by atoms with Crippen LogP contribution < -0.4 is 52.7 Å². The van der Waals surface area contributed by atoms with E-state index in [9.17, 15) is 29.2 Å². The minimum absolute atomic E-state index is 0.00280. The van der Waals surface area contributed by atoms with Gasteiger partial charge in [-0.05, 0) is 111 Å². The molecule has 4 bridgehead atoms. The molecule has 10 N–H and O–H groups in total. The summed E-state index contributed by atoms with van der Waals surface area (Å²) in [7, 11) is 1.43. The number of carbonyl (C=O) groups is 5. The van der Waals surface area contributed by atoms with E-state index in [1.54, 1.807) is 50.2 Å². The smallest absolute Gasteiger partial charge is 0.254 e. The summed E-state index contributed by atoms with van der Waals surface area (Å²) >= 11 is 0. The van der Waals surface area contributed by atoms with Crippen LogP contribution in [0.4, 0.5) is 0 Å². The maximum Gasteiger partial charge on any atom is 0.254 e. The van der Waals surface area contributed by atoms with E-state index in [4.69, 9.17) is 36.4 Å². The third-order valence-electron chi connectivity index (χ3n) is 11.4. The maximum atomic E-state index is 14.8. The Balaban J connectivity index is 1.53. The first-order valence-corrected chi connectivity index (χ1v) is 22.9. The van der Waals surface area contributed by atoms with Crippen molar-refractivity contribution in [2.45, 2.75) is 84.0 Å². The first kappa shape index (κ1) is 51.9. The van der Waals surface area contributed by atoms with Crippen LogP contribution in [-0.2, 0) is 25.6 Å². The molecular formula is C50H64N10O8. The summed E-state index contributed by atoms with van der Waals surface area (Å²) in [5.74, 6) is -1.74. The van der Waals surface area contributed by atoms with Gasteiger partial charge in [0.2, 0.25) is 23.6 Å². The van der Waals surface area contributed by atoms with E-state index in [2.05, 4.69) is 28.2 Å². The Morgan fingerprint density at radius 2 is 1.54 bits per heavy atom. The van der Waals surface area contributed by atoms with Crippen LogP contribution in [0, 0.1) is 25.2 Å². The largest absolute Gasteiger partial charge is 0.494 e. The average Bonchev–Trinajstić information content (AvgIpc) is 3.32. The molecule has 0 fully saturated rings. The molecule has 1 aliphatic heterocycles. The van der Waals surface area contributed by atoms with Crippen molar-refractivity contribution in [1.29, 1.82) is 5.26 Å². The quantitative estimate of drug-likeness (QED) is 0.0496. The number of ether oxygens (including phenoxy) is 3. The van der Waals surface area contributed by atoms with Gasteiger partial charge in [0.1, 0.15) is 61.2 Å². The highest BCUT2D eigenvalue weighted by molar-refractivity contribution is 6.01. The maximum absolute atomic E-state index is 14.8. The van der Waals surface area contributed by atoms with Gasteiger partial charge in [-0.2, -0.15) is 5.26 Å². The lowest BCUT2D eigenvalue weighted by Gasteiger charge is -2.32. The second kappa shape index (κ2) is 25.2. The fraction of sp³-hybridized carbons (Fsp3) is 0.420. The number of hydrogen-bond donors (Lipinski definition) is 7. The summed E-state index contributed by atoms with van der Waals surface area (Å²) < 4.78 is 18.1. The van der Waals surface area contributed by atoms with E-state index in [1.165, 1.54) is 18.9 Å². The van der Waals surface area contributed by atoms with Gasteiger partial charge in [-0.25, -0.2) is 0 Å². The standard InChI is InChI=1S/C50H64N10O8/c1-6-7-8-23-66-36-13-10-34(11-14-36)40-26-30(2)44(31(3)56-40)48(63)58-39(17-18-51)50(65)60(5)45-35-12-16-43(68-25-21-54)38(29-35)37-27-33(9-15-42(37)67-24-20-53)28-41(47(62)55-22-19-52)59-46(61)32(4)57-49(45)64/h9-16,26-27,29,32,39,41,45H,6-8,17-18,20-25,28,51,53-54H2,1-5H3,(H,55,62)(H,57,64)(H,58,63)(H,59,61). The fourth-order valence-electron chi connectivity index (χ4n) is 7.95. The van der Waals surface area contributed by atoms with Crippen molar-refractivity contribution in [1.82, 2.24) is 31.2 Å². The van der Waals surface area contributed by atoms with Crippen LogP contribution in [0.2, 0.25) is 0 Å². The van der Waals surface area contributed by atoms with E-state index in [1.807, 2.05) is 36.4 Å². The molecule has 18 heteroatoms. The van der Waals surface area contributed by atoms with Crippen LogP contribution in [0.25, 0.3) is 22.4 Å². The van der Waals surface area contributed by atoms with E-state index >= 15 is 0 Å². The molecule has 362 valence electrons. The minimum Gasteiger partial charge on any atom is -0.494 e. The molecular weight excluding hydrogens is 869 g/mol.